The van der Waals surface area contributed by atoms with Crippen molar-refractivity contribution in [1.29, 1.82) is 0 Å². The molecule has 0 radical (unpaired) electrons. The van der Waals surface area contributed by atoms with E-state index in [1.807, 2.05) is 13.8 Å². The molecule has 96 valence electrons. The minimum atomic E-state index is -1.04. The minimum absolute atomic E-state index is 0.150. The first-order chi connectivity index (χ1) is 7.90. The molecule has 17 heavy (non-hydrogen) atoms. The number of nitrogens with one attached hydrogen (secondary N) is 1. The van der Waals surface area contributed by atoms with Gasteiger partial charge in [0.05, 0.1) is 0 Å². The second-order valence-corrected chi connectivity index (χ2v) is 4.67. The van der Waals surface area contributed by atoms with E-state index in [0.29, 0.717) is 19.4 Å². The van der Waals surface area contributed by atoms with Crippen molar-refractivity contribution in [3.05, 3.63) is 0 Å². The van der Waals surface area contributed by atoms with Gasteiger partial charge in [0.15, 0.2) is 0 Å². The van der Waals surface area contributed by atoms with E-state index in [9.17, 15) is 14.4 Å². The Bertz CT molecular complexity index is 327. The van der Waals surface area contributed by atoms with Crippen LogP contribution < -0.4 is 5.32 Å². The topological polar surface area (TPSA) is 86.7 Å². The van der Waals surface area contributed by atoms with E-state index in [1.54, 1.807) is 0 Å². The zero-order chi connectivity index (χ0) is 13.0. The number of carbonyl (C=O) groups is 3. The highest BCUT2D eigenvalue weighted by Gasteiger charge is 2.31. The molecule has 0 aromatic heterocycles. The highest BCUT2D eigenvalue weighted by atomic mass is 16.4. The summed E-state index contributed by atoms with van der Waals surface area (Å²) in [5, 5.41) is 11.3. The number of carboxylic acid groups (broad SMARTS) is 1. The molecule has 1 aliphatic rings. The van der Waals surface area contributed by atoms with Gasteiger partial charge < -0.3 is 15.3 Å². The molecule has 1 fully saturated rings. The molecule has 1 unspecified atom stereocenters. The second kappa shape index (κ2) is 5.65. The Morgan fingerprint density at radius 1 is 1.53 bits per heavy atom. The predicted octanol–water partition coefficient (Wildman–Crippen LogP) is -0.166. The number of amides is 2. The van der Waals surface area contributed by atoms with Crippen LogP contribution in [0.5, 0.6) is 0 Å². The number of rotatable bonds is 5. The molecule has 0 saturated carbocycles. The quantitative estimate of drug-likeness (QED) is 0.701. The van der Waals surface area contributed by atoms with Gasteiger partial charge in [0, 0.05) is 13.0 Å². The van der Waals surface area contributed by atoms with Gasteiger partial charge >= 0.3 is 5.97 Å². The van der Waals surface area contributed by atoms with Crippen LogP contribution in [-0.2, 0) is 14.4 Å². The number of carbonyl (C=O) groups excluding carboxylic acids is 2. The van der Waals surface area contributed by atoms with Crippen molar-refractivity contribution >= 4 is 17.8 Å². The zero-order valence-electron chi connectivity index (χ0n) is 10.1. The van der Waals surface area contributed by atoms with Crippen molar-refractivity contribution in [3.63, 3.8) is 0 Å². The van der Waals surface area contributed by atoms with E-state index < -0.39 is 12.0 Å². The van der Waals surface area contributed by atoms with E-state index in [4.69, 9.17) is 5.11 Å². The first kappa shape index (κ1) is 13.5. The molecular weight excluding hydrogens is 224 g/mol. The van der Waals surface area contributed by atoms with Gasteiger partial charge in [-0.2, -0.15) is 0 Å². The molecule has 1 saturated heterocycles. The van der Waals surface area contributed by atoms with Gasteiger partial charge in [-0.05, 0) is 12.3 Å². The van der Waals surface area contributed by atoms with E-state index in [2.05, 4.69) is 5.32 Å². The molecule has 1 aliphatic heterocycles. The Kier molecular flexibility index (Phi) is 4.48. The molecule has 0 aromatic carbocycles. The summed E-state index contributed by atoms with van der Waals surface area (Å²) in [5.41, 5.74) is 0. The maximum atomic E-state index is 12.0. The number of carboxylic acids is 1. The lowest BCUT2D eigenvalue weighted by Crippen LogP contribution is -2.47. The highest BCUT2D eigenvalue weighted by molar-refractivity contribution is 5.92. The Balaban J connectivity index is 2.64. The fourth-order valence-corrected chi connectivity index (χ4v) is 1.86. The third-order valence-corrected chi connectivity index (χ3v) is 2.52. The smallest absolute Gasteiger partial charge is 0.323 e. The van der Waals surface area contributed by atoms with E-state index in [1.165, 1.54) is 4.90 Å². The van der Waals surface area contributed by atoms with Crippen molar-refractivity contribution in [2.45, 2.75) is 32.7 Å². The van der Waals surface area contributed by atoms with Crippen LogP contribution in [0.1, 0.15) is 26.7 Å². The van der Waals surface area contributed by atoms with E-state index >= 15 is 0 Å². The highest BCUT2D eigenvalue weighted by Crippen LogP contribution is 2.11. The Hall–Kier alpha value is -1.59. The lowest BCUT2D eigenvalue weighted by molar-refractivity contribution is -0.145. The lowest BCUT2D eigenvalue weighted by Gasteiger charge is -2.25. The van der Waals surface area contributed by atoms with Crippen molar-refractivity contribution in [1.82, 2.24) is 10.2 Å². The van der Waals surface area contributed by atoms with Gasteiger partial charge in [-0.1, -0.05) is 13.8 Å². The average Bonchev–Trinajstić information content (AvgIpc) is 2.61. The SMILES string of the molecule is CC(C)CN(CC(=O)O)C(=O)C1CCC(=O)N1. The van der Waals surface area contributed by atoms with Crippen LogP contribution in [0.25, 0.3) is 0 Å². The van der Waals surface area contributed by atoms with Crippen LogP contribution in [0, 0.1) is 5.92 Å². The standard InChI is InChI=1S/C11H18N2O4/c1-7(2)5-13(6-10(15)16)11(17)8-3-4-9(14)12-8/h7-8H,3-6H2,1-2H3,(H,12,14)(H,15,16). The number of hydrogen-bond donors (Lipinski definition) is 2. The van der Waals surface area contributed by atoms with Gasteiger partial charge in [-0.25, -0.2) is 0 Å². The molecule has 1 atom stereocenters. The lowest BCUT2D eigenvalue weighted by atomic mass is 10.1. The van der Waals surface area contributed by atoms with Crippen LogP contribution in [0.2, 0.25) is 0 Å². The molecule has 0 aliphatic carbocycles. The zero-order valence-corrected chi connectivity index (χ0v) is 10.1. The van der Waals surface area contributed by atoms with Crippen LogP contribution in [-0.4, -0.2) is 46.9 Å². The van der Waals surface area contributed by atoms with E-state index in [-0.39, 0.29) is 24.3 Å². The van der Waals surface area contributed by atoms with Gasteiger partial charge in [-0.3, -0.25) is 14.4 Å². The van der Waals surface area contributed by atoms with Crippen LogP contribution in [0.3, 0.4) is 0 Å². The Morgan fingerprint density at radius 2 is 2.18 bits per heavy atom. The monoisotopic (exact) mass is 242 g/mol. The first-order valence-electron chi connectivity index (χ1n) is 5.70. The van der Waals surface area contributed by atoms with Crippen molar-refractivity contribution in [2.75, 3.05) is 13.1 Å². The minimum Gasteiger partial charge on any atom is -0.480 e. The Morgan fingerprint density at radius 3 is 2.59 bits per heavy atom. The molecule has 1 heterocycles. The van der Waals surface area contributed by atoms with Crippen LogP contribution in [0.4, 0.5) is 0 Å². The van der Waals surface area contributed by atoms with Gasteiger partial charge in [0.2, 0.25) is 11.8 Å². The fourth-order valence-electron chi connectivity index (χ4n) is 1.86. The van der Waals surface area contributed by atoms with E-state index in [0.717, 1.165) is 0 Å². The Labute approximate surface area is 100.0 Å². The summed E-state index contributed by atoms with van der Waals surface area (Å²) in [6.07, 6.45) is 0.783. The number of hydrogen-bond acceptors (Lipinski definition) is 3. The average molecular weight is 242 g/mol. The molecule has 0 bridgehead atoms. The molecule has 0 spiro atoms. The van der Waals surface area contributed by atoms with Crippen molar-refractivity contribution in [2.24, 2.45) is 5.92 Å². The maximum absolute atomic E-state index is 12.0. The summed E-state index contributed by atoms with van der Waals surface area (Å²) in [5.74, 6) is -1.30. The molecule has 2 N–H and O–H groups in total. The number of aliphatic carboxylic acids is 1. The third-order valence-electron chi connectivity index (χ3n) is 2.52. The van der Waals surface area contributed by atoms with Gasteiger partial charge in [-0.15, -0.1) is 0 Å². The summed E-state index contributed by atoms with van der Waals surface area (Å²) in [7, 11) is 0. The normalized spacial score (nSPS) is 19.2. The van der Waals surface area contributed by atoms with Crippen molar-refractivity contribution < 1.29 is 19.5 Å². The summed E-state index contributed by atoms with van der Waals surface area (Å²) in [6, 6.07) is -0.555. The first-order valence-corrected chi connectivity index (χ1v) is 5.70. The van der Waals surface area contributed by atoms with Crippen LogP contribution in [0.15, 0.2) is 0 Å². The molecule has 0 aromatic rings. The van der Waals surface area contributed by atoms with Gasteiger partial charge in [0.25, 0.3) is 0 Å². The largest absolute Gasteiger partial charge is 0.480 e. The summed E-state index contributed by atoms with van der Waals surface area (Å²) in [4.78, 5) is 35.0. The van der Waals surface area contributed by atoms with Crippen molar-refractivity contribution in [3.8, 4) is 0 Å². The molecule has 2 amide bonds. The maximum Gasteiger partial charge on any atom is 0.323 e. The predicted molar refractivity (Wildman–Crippen MR) is 60.2 cm³/mol. The summed E-state index contributed by atoms with van der Waals surface area (Å²) >= 11 is 0. The molecule has 6 nitrogen and oxygen atoms in total. The molecule has 6 heteroatoms. The second-order valence-electron chi connectivity index (χ2n) is 4.67. The molecule has 1 rings (SSSR count). The number of nitrogens with zero attached hydrogens (tertiary/aromatic N) is 1. The van der Waals surface area contributed by atoms with Gasteiger partial charge in [0.1, 0.15) is 12.6 Å². The summed E-state index contributed by atoms with van der Waals surface area (Å²) in [6.45, 7) is 3.89. The fraction of sp³-hybridized carbons (Fsp3) is 0.727. The third kappa shape index (κ3) is 4.05. The molecular formula is C11H18N2O4. The summed E-state index contributed by atoms with van der Waals surface area (Å²) < 4.78 is 0. The van der Waals surface area contributed by atoms with Crippen LogP contribution >= 0.6 is 0 Å².